The zero-order valence-electron chi connectivity index (χ0n) is 13.7. The molecule has 0 aromatic heterocycles. The first kappa shape index (κ1) is 19.0. The van der Waals surface area contributed by atoms with Gasteiger partial charge in [-0.1, -0.05) is 0 Å². The maximum Gasteiger partial charge on any atom is 0.344 e. The summed E-state index contributed by atoms with van der Waals surface area (Å²) in [6.45, 7) is 0.884. The molecule has 2 aromatic rings. The maximum atomic E-state index is 13.1. The van der Waals surface area contributed by atoms with Crippen molar-refractivity contribution < 1.29 is 32.6 Å². The monoisotopic (exact) mass is 363 g/mol. The fourth-order valence-electron chi connectivity index (χ4n) is 1.89. The Morgan fingerprint density at radius 3 is 2.42 bits per heavy atom. The number of hydrogen-bond acceptors (Lipinski definition) is 5. The van der Waals surface area contributed by atoms with Gasteiger partial charge < -0.3 is 14.8 Å². The van der Waals surface area contributed by atoms with Crippen LogP contribution in [0, 0.1) is 11.6 Å². The second kappa shape index (κ2) is 8.70. The van der Waals surface area contributed by atoms with E-state index in [1.165, 1.54) is 37.3 Å². The summed E-state index contributed by atoms with van der Waals surface area (Å²) in [7, 11) is 0. The highest BCUT2D eigenvalue weighted by Crippen LogP contribution is 2.14. The first-order valence-electron chi connectivity index (χ1n) is 7.52. The molecule has 0 aliphatic heterocycles. The molecule has 6 nitrogen and oxygen atoms in total. The number of rotatable bonds is 7. The van der Waals surface area contributed by atoms with E-state index in [1.807, 2.05) is 0 Å². The summed E-state index contributed by atoms with van der Waals surface area (Å²) < 4.78 is 36.0. The topological polar surface area (TPSA) is 81.7 Å². The smallest absolute Gasteiger partial charge is 0.344 e. The van der Waals surface area contributed by atoms with Crippen LogP contribution < -0.4 is 10.1 Å². The van der Waals surface area contributed by atoms with Gasteiger partial charge in [0.25, 0.3) is 5.91 Å². The number of nitrogens with one attached hydrogen (secondary N) is 1. The van der Waals surface area contributed by atoms with E-state index in [0.717, 1.165) is 12.1 Å². The Balaban J connectivity index is 1.82. The van der Waals surface area contributed by atoms with Crippen molar-refractivity contribution in [2.24, 2.45) is 0 Å². The maximum absolute atomic E-state index is 13.1. The summed E-state index contributed by atoms with van der Waals surface area (Å²) in [5, 5.41) is 2.30. The predicted octanol–water partition coefficient (Wildman–Crippen LogP) is 2.73. The second-order valence-corrected chi connectivity index (χ2v) is 5.23. The Bertz CT molecular complexity index is 808. The largest absolute Gasteiger partial charge is 0.482 e. The minimum absolute atomic E-state index is 0.0308. The lowest BCUT2D eigenvalue weighted by molar-refractivity contribution is -0.155. The van der Waals surface area contributed by atoms with E-state index in [4.69, 9.17) is 9.47 Å². The second-order valence-electron chi connectivity index (χ2n) is 5.23. The van der Waals surface area contributed by atoms with E-state index in [1.54, 1.807) is 0 Å². The van der Waals surface area contributed by atoms with Crippen molar-refractivity contribution in [2.45, 2.75) is 13.0 Å². The van der Waals surface area contributed by atoms with Crippen molar-refractivity contribution in [2.75, 3.05) is 11.9 Å². The fourth-order valence-corrected chi connectivity index (χ4v) is 1.89. The first-order chi connectivity index (χ1) is 12.4. The van der Waals surface area contributed by atoms with E-state index >= 15 is 0 Å². The lowest BCUT2D eigenvalue weighted by atomic mass is 10.2. The van der Waals surface area contributed by atoms with Gasteiger partial charge in [-0.3, -0.25) is 9.59 Å². The molecule has 0 saturated heterocycles. The van der Waals surface area contributed by atoms with Gasteiger partial charge in [0.05, 0.1) is 0 Å². The number of carbonyl (C=O) groups is 3. The Morgan fingerprint density at radius 1 is 1.12 bits per heavy atom. The van der Waals surface area contributed by atoms with Gasteiger partial charge in [-0.15, -0.1) is 0 Å². The highest BCUT2D eigenvalue weighted by Gasteiger charge is 2.19. The molecule has 2 aromatic carbocycles. The lowest BCUT2D eigenvalue weighted by Gasteiger charge is -2.14. The molecule has 8 heteroatoms. The molecule has 0 bridgehead atoms. The average molecular weight is 363 g/mol. The van der Waals surface area contributed by atoms with Crippen LogP contribution in [0.1, 0.15) is 17.3 Å². The summed E-state index contributed by atoms with van der Waals surface area (Å²) in [6.07, 6.45) is -0.498. The molecular weight excluding hydrogens is 348 g/mol. The third kappa shape index (κ3) is 5.37. The van der Waals surface area contributed by atoms with Crippen molar-refractivity contribution in [1.29, 1.82) is 0 Å². The summed E-state index contributed by atoms with van der Waals surface area (Å²) in [4.78, 5) is 34.2. The van der Waals surface area contributed by atoms with E-state index in [2.05, 4.69) is 5.32 Å². The molecule has 0 heterocycles. The molecule has 0 aliphatic rings. The number of esters is 1. The molecule has 1 amide bonds. The molecule has 0 unspecified atom stereocenters. The predicted molar refractivity (Wildman–Crippen MR) is 87.9 cm³/mol. The quantitative estimate of drug-likeness (QED) is 0.604. The van der Waals surface area contributed by atoms with Gasteiger partial charge in [0, 0.05) is 17.3 Å². The van der Waals surface area contributed by atoms with E-state index in [0.29, 0.717) is 17.6 Å². The Labute approximate surface area is 147 Å². The Kier molecular flexibility index (Phi) is 6.37. The number of carbonyl (C=O) groups excluding carboxylic acids is 3. The molecule has 0 fully saturated rings. The SMILES string of the molecule is C[C@@H](OC(=O)COc1ccc(C=O)cc1)C(=O)Nc1ccc(F)c(F)c1. The minimum atomic E-state index is -1.17. The van der Waals surface area contributed by atoms with Gasteiger partial charge >= 0.3 is 5.97 Å². The standard InChI is InChI=1S/C18H15F2NO5/c1-11(18(24)21-13-4-7-15(19)16(20)8-13)26-17(23)10-25-14-5-2-12(9-22)3-6-14/h2-9,11H,10H2,1H3,(H,21,24)/t11-/m1/s1. The van der Waals surface area contributed by atoms with Crippen LogP contribution in [-0.2, 0) is 14.3 Å². The number of hydrogen-bond donors (Lipinski definition) is 1. The van der Waals surface area contributed by atoms with Crippen LogP contribution in [0.15, 0.2) is 42.5 Å². The number of amides is 1. The first-order valence-corrected chi connectivity index (χ1v) is 7.52. The summed E-state index contributed by atoms with van der Waals surface area (Å²) in [6, 6.07) is 8.92. The molecule has 0 saturated carbocycles. The van der Waals surface area contributed by atoms with Crippen molar-refractivity contribution in [3.05, 3.63) is 59.7 Å². The number of benzene rings is 2. The van der Waals surface area contributed by atoms with Gasteiger partial charge in [-0.25, -0.2) is 13.6 Å². The third-order valence-corrected chi connectivity index (χ3v) is 3.24. The highest BCUT2D eigenvalue weighted by atomic mass is 19.2. The Hall–Kier alpha value is -3.29. The summed E-state index contributed by atoms with van der Waals surface area (Å²) >= 11 is 0. The summed E-state index contributed by atoms with van der Waals surface area (Å²) in [5.41, 5.74) is 0.491. The average Bonchev–Trinajstić information content (AvgIpc) is 2.63. The van der Waals surface area contributed by atoms with Crippen LogP contribution >= 0.6 is 0 Å². The number of ether oxygens (including phenoxy) is 2. The highest BCUT2D eigenvalue weighted by molar-refractivity contribution is 5.95. The zero-order valence-corrected chi connectivity index (χ0v) is 13.7. The van der Waals surface area contributed by atoms with E-state index in [-0.39, 0.29) is 5.69 Å². The minimum Gasteiger partial charge on any atom is -0.482 e. The van der Waals surface area contributed by atoms with Crippen molar-refractivity contribution in [1.82, 2.24) is 0 Å². The zero-order chi connectivity index (χ0) is 19.1. The molecular formula is C18H15F2NO5. The van der Waals surface area contributed by atoms with Crippen LogP contribution in [0.3, 0.4) is 0 Å². The van der Waals surface area contributed by atoms with Gasteiger partial charge in [-0.2, -0.15) is 0 Å². The number of halogens is 2. The number of anilines is 1. The summed E-state index contributed by atoms with van der Waals surface area (Å²) in [5.74, 6) is -3.30. The molecule has 2 rings (SSSR count). The normalized spacial score (nSPS) is 11.3. The molecule has 1 atom stereocenters. The molecule has 0 aliphatic carbocycles. The molecule has 26 heavy (non-hydrogen) atoms. The van der Waals surface area contributed by atoms with Crippen LogP contribution in [0.2, 0.25) is 0 Å². The third-order valence-electron chi connectivity index (χ3n) is 3.24. The van der Waals surface area contributed by atoms with Crippen molar-refractivity contribution >= 4 is 23.9 Å². The van der Waals surface area contributed by atoms with Crippen molar-refractivity contribution in [3.8, 4) is 5.75 Å². The van der Waals surface area contributed by atoms with Crippen molar-refractivity contribution in [3.63, 3.8) is 0 Å². The number of aldehydes is 1. The van der Waals surface area contributed by atoms with Gasteiger partial charge in [0.1, 0.15) is 12.0 Å². The van der Waals surface area contributed by atoms with Crippen LogP contribution in [-0.4, -0.2) is 30.9 Å². The molecule has 1 N–H and O–H groups in total. The fraction of sp³-hybridized carbons (Fsp3) is 0.167. The Morgan fingerprint density at radius 2 is 1.81 bits per heavy atom. The van der Waals surface area contributed by atoms with E-state index in [9.17, 15) is 23.2 Å². The molecule has 136 valence electrons. The van der Waals surface area contributed by atoms with Crippen LogP contribution in [0.25, 0.3) is 0 Å². The van der Waals surface area contributed by atoms with Crippen LogP contribution in [0.4, 0.5) is 14.5 Å². The van der Waals surface area contributed by atoms with Gasteiger partial charge in [0.15, 0.2) is 24.3 Å². The van der Waals surface area contributed by atoms with Crippen LogP contribution in [0.5, 0.6) is 5.75 Å². The van der Waals surface area contributed by atoms with E-state index < -0.39 is 36.2 Å². The van der Waals surface area contributed by atoms with Gasteiger partial charge in [-0.05, 0) is 43.3 Å². The molecule has 0 radical (unpaired) electrons. The van der Waals surface area contributed by atoms with Gasteiger partial charge in [0.2, 0.25) is 0 Å². The lowest BCUT2D eigenvalue weighted by Crippen LogP contribution is -2.31. The molecule has 0 spiro atoms.